The van der Waals surface area contributed by atoms with Crippen LogP contribution in [0.3, 0.4) is 0 Å². The summed E-state index contributed by atoms with van der Waals surface area (Å²) < 4.78 is 11.4. The molecule has 2 aliphatic heterocycles. The molecule has 0 radical (unpaired) electrons. The number of aliphatic hydroxyl groups excluding tert-OH is 1. The fraction of sp³-hybridized carbons (Fsp3) is 0.688. The minimum Gasteiger partial charge on any atom is -0.388 e. The predicted octanol–water partition coefficient (Wildman–Crippen LogP) is 2.32. The quantitative estimate of drug-likeness (QED) is 0.901. The lowest BCUT2D eigenvalue weighted by atomic mass is 9.80. The Bertz CT molecular complexity index is 483. The Kier molecular flexibility index (Phi) is 3.80. The number of aromatic nitrogens is 1. The van der Waals surface area contributed by atoms with E-state index in [0.29, 0.717) is 13.2 Å². The van der Waals surface area contributed by atoms with Crippen molar-refractivity contribution in [1.29, 1.82) is 0 Å². The maximum absolute atomic E-state index is 10.7. The molecule has 0 bridgehead atoms. The highest BCUT2D eigenvalue weighted by Gasteiger charge is 2.43. The van der Waals surface area contributed by atoms with Crippen LogP contribution < -0.4 is 0 Å². The number of rotatable bonds is 2. The van der Waals surface area contributed by atoms with E-state index in [2.05, 4.69) is 4.98 Å². The van der Waals surface area contributed by atoms with Crippen molar-refractivity contribution in [1.82, 2.24) is 4.98 Å². The highest BCUT2D eigenvalue weighted by atomic mass is 16.6. The second-order valence-corrected chi connectivity index (χ2v) is 6.16. The summed E-state index contributed by atoms with van der Waals surface area (Å²) in [6, 6.07) is 3.98. The first-order valence-corrected chi connectivity index (χ1v) is 7.44. The van der Waals surface area contributed by atoms with E-state index in [0.717, 1.165) is 42.8 Å². The lowest BCUT2D eigenvalue weighted by Crippen LogP contribution is -2.42. The average Bonchev–Trinajstić information content (AvgIpc) is 2.86. The van der Waals surface area contributed by atoms with Crippen LogP contribution in [0.5, 0.6) is 0 Å². The molecule has 3 heterocycles. The van der Waals surface area contributed by atoms with Gasteiger partial charge in [0.25, 0.3) is 0 Å². The first-order valence-electron chi connectivity index (χ1n) is 7.44. The number of ether oxygens (including phenoxy) is 2. The van der Waals surface area contributed by atoms with Gasteiger partial charge in [0.05, 0.1) is 18.3 Å². The normalized spacial score (nSPS) is 31.6. The molecule has 0 amide bonds. The third-order valence-corrected chi connectivity index (χ3v) is 4.63. The molecular weight excluding hydrogens is 254 g/mol. The van der Waals surface area contributed by atoms with Crippen LogP contribution in [-0.2, 0) is 9.47 Å². The van der Waals surface area contributed by atoms with Gasteiger partial charge < -0.3 is 14.6 Å². The molecule has 2 aliphatic rings. The smallest absolute Gasteiger partial charge is 0.0940 e. The number of hydrogen-bond acceptors (Lipinski definition) is 4. The molecule has 1 N–H and O–H groups in total. The molecule has 2 fully saturated rings. The molecule has 1 spiro atoms. The average molecular weight is 277 g/mol. The summed E-state index contributed by atoms with van der Waals surface area (Å²) in [5.41, 5.74) is 2.72. The topological polar surface area (TPSA) is 51.6 Å². The maximum Gasteiger partial charge on any atom is 0.0940 e. The van der Waals surface area contributed by atoms with Crippen molar-refractivity contribution in [3.8, 4) is 0 Å². The molecule has 1 aromatic rings. The molecule has 3 unspecified atom stereocenters. The molecule has 3 atom stereocenters. The molecule has 0 aliphatic carbocycles. The highest BCUT2D eigenvalue weighted by molar-refractivity contribution is 5.24. The van der Waals surface area contributed by atoms with Crippen molar-refractivity contribution in [2.24, 2.45) is 5.92 Å². The molecule has 2 saturated heterocycles. The van der Waals surface area contributed by atoms with Gasteiger partial charge in [-0.05, 0) is 38.7 Å². The molecule has 1 aromatic heterocycles. The van der Waals surface area contributed by atoms with Gasteiger partial charge in [-0.15, -0.1) is 0 Å². The first-order chi connectivity index (χ1) is 9.60. The SMILES string of the molecule is Cc1ccc(C(O)C2CCOC3(CCOC3)C2)c(C)n1. The zero-order valence-corrected chi connectivity index (χ0v) is 12.3. The van der Waals surface area contributed by atoms with Gasteiger partial charge in [0.2, 0.25) is 0 Å². The monoisotopic (exact) mass is 277 g/mol. The van der Waals surface area contributed by atoms with Gasteiger partial charge in [-0.3, -0.25) is 4.98 Å². The minimum absolute atomic E-state index is 0.157. The summed E-state index contributed by atoms with van der Waals surface area (Å²) in [5, 5.41) is 10.7. The zero-order chi connectivity index (χ0) is 14.2. The van der Waals surface area contributed by atoms with Crippen LogP contribution in [-0.4, -0.2) is 35.5 Å². The van der Waals surface area contributed by atoms with Gasteiger partial charge in [-0.1, -0.05) is 6.07 Å². The van der Waals surface area contributed by atoms with Crippen molar-refractivity contribution in [2.75, 3.05) is 19.8 Å². The number of nitrogens with zero attached hydrogens (tertiary/aromatic N) is 1. The summed E-state index contributed by atoms with van der Waals surface area (Å²) in [6.45, 7) is 6.10. The Balaban J connectivity index is 1.77. The molecular formula is C16H23NO3. The van der Waals surface area contributed by atoms with Gasteiger partial charge in [0, 0.05) is 36.6 Å². The molecule has 0 aromatic carbocycles. The van der Waals surface area contributed by atoms with Crippen molar-refractivity contribution in [2.45, 2.75) is 44.8 Å². The summed E-state index contributed by atoms with van der Waals surface area (Å²) in [7, 11) is 0. The van der Waals surface area contributed by atoms with Crippen molar-refractivity contribution >= 4 is 0 Å². The van der Waals surface area contributed by atoms with Crippen LogP contribution >= 0.6 is 0 Å². The molecule has 3 rings (SSSR count). The van der Waals surface area contributed by atoms with Crippen LogP contribution in [0.25, 0.3) is 0 Å². The second-order valence-electron chi connectivity index (χ2n) is 6.16. The molecule has 4 nitrogen and oxygen atoms in total. The minimum atomic E-state index is -0.454. The van der Waals surface area contributed by atoms with E-state index in [9.17, 15) is 5.11 Å². The summed E-state index contributed by atoms with van der Waals surface area (Å²) in [4.78, 5) is 4.46. The van der Waals surface area contributed by atoms with E-state index >= 15 is 0 Å². The molecule has 0 saturated carbocycles. The Morgan fingerprint density at radius 1 is 1.35 bits per heavy atom. The van der Waals surface area contributed by atoms with Crippen LogP contribution in [0.1, 0.15) is 42.3 Å². The highest BCUT2D eigenvalue weighted by Crippen LogP contribution is 2.41. The van der Waals surface area contributed by atoms with Crippen LogP contribution in [0, 0.1) is 19.8 Å². The number of hydrogen-bond donors (Lipinski definition) is 1. The third-order valence-electron chi connectivity index (χ3n) is 4.63. The van der Waals surface area contributed by atoms with E-state index in [1.807, 2.05) is 26.0 Å². The van der Waals surface area contributed by atoms with E-state index < -0.39 is 6.10 Å². The van der Waals surface area contributed by atoms with Crippen LogP contribution in [0.15, 0.2) is 12.1 Å². The molecule has 4 heteroatoms. The fourth-order valence-corrected chi connectivity index (χ4v) is 3.46. The molecule has 20 heavy (non-hydrogen) atoms. The third kappa shape index (κ3) is 2.60. The van der Waals surface area contributed by atoms with Crippen LogP contribution in [0.4, 0.5) is 0 Å². The lowest BCUT2D eigenvalue weighted by molar-refractivity contribution is -0.117. The summed E-state index contributed by atoms with van der Waals surface area (Å²) in [6.07, 6.45) is 2.27. The van der Waals surface area contributed by atoms with E-state index in [4.69, 9.17) is 9.47 Å². The Labute approximate surface area is 120 Å². The molecule has 110 valence electrons. The predicted molar refractivity (Wildman–Crippen MR) is 75.5 cm³/mol. The van der Waals surface area contributed by atoms with Gasteiger partial charge in [0.1, 0.15) is 0 Å². The zero-order valence-electron chi connectivity index (χ0n) is 12.3. The van der Waals surface area contributed by atoms with E-state index in [-0.39, 0.29) is 11.5 Å². The van der Waals surface area contributed by atoms with Gasteiger partial charge in [-0.2, -0.15) is 0 Å². The Hall–Kier alpha value is -0.970. The van der Waals surface area contributed by atoms with Crippen molar-refractivity contribution in [3.63, 3.8) is 0 Å². The summed E-state index contributed by atoms with van der Waals surface area (Å²) in [5.74, 6) is 0.230. The van der Waals surface area contributed by atoms with Gasteiger partial charge in [0.15, 0.2) is 0 Å². The first kappa shape index (κ1) is 14.0. The van der Waals surface area contributed by atoms with Crippen molar-refractivity contribution in [3.05, 3.63) is 29.1 Å². The van der Waals surface area contributed by atoms with Crippen LogP contribution in [0.2, 0.25) is 0 Å². The standard InChI is InChI=1S/C16H23NO3/c1-11-3-4-14(12(2)17-11)15(18)13-5-7-20-16(9-13)6-8-19-10-16/h3-4,13,15,18H,5-10H2,1-2H3. The van der Waals surface area contributed by atoms with E-state index in [1.54, 1.807) is 0 Å². The second kappa shape index (κ2) is 5.43. The Morgan fingerprint density at radius 3 is 2.90 bits per heavy atom. The largest absolute Gasteiger partial charge is 0.388 e. The fourth-order valence-electron chi connectivity index (χ4n) is 3.46. The Morgan fingerprint density at radius 2 is 2.20 bits per heavy atom. The van der Waals surface area contributed by atoms with Crippen molar-refractivity contribution < 1.29 is 14.6 Å². The van der Waals surface area contributed by atoms with Gasteiger partial charge >= 0.3 is 0 Å². The maximum atomic E-state index is 10.7. The van der Waals surface area contributed by atoms with E-state index in [1.165, 1.54) is 0 Å². The number of pyridine rings is 1. The number of aliphatic hydroxyl groups is 1. The number of aryl methyl sites for hydroxylation is 2. The summed E-state index contributed by atoms with van der Waals surface area (Å²) >= 11 is 0. The van der Waals surface area contributed by atoms with Gasteiger partial charge in [-0.25, -0.2) is 0 Å². The lowest BCUT2D eigenvalue weighted by Gasteiger charge is -2.39.